The number of amides is 1. The van der Waals surface area contributed by atoms with Crippen LogP contribution in [-0.2, 0) is 0 Å². The number of aryl methyl sites for hydroxylation is 2. The Kier molecular flexibility index (Phi) is 7.73. The number of carbonyl (C=O) groups is 1. The van der Waals surface area contributed by atoms with E-state index in [9.17, 15) is 4.79 Å². The number of ether oxygens (including phenoxy) is 4. The van der Waals surface area contributed by atoms with Crippen molar-refractivity contribution in [3.63, 3.8) is 0 Å². The van der Waals surface area contributed by atoms with Crippen molar-refractivity contribution >= 4 is 28.8 Å². The van der Waals surface area contributed by atoms with Gasteiger partial charge in [-0.3, -0.25) is 4.79 Å². The predicted octanol–water partition coefficient (Wildman–Crippen LogP) is 5.73. The minimum absolute atomic E-state index is 0.345. The van der Waals surface area contributed by atoms with Gasteiger partial charge in [0, 0.05) is 17.8 Å². The average molecular weight is 525 g/mol. The van der Waals surface area contributed by atoms with Gasteiger partial charge in [-0.2, -0.15) is 5.10 Å². The van der Waals surface area contributed by atoms with E-state index in [1.54, 1.807) is 22.8 Å². The Balaban J connectivity index is 1.73. The average Bonchev–Trinajstić information content (AvgIpc) is 3.22. The molecule has 2 aromatic heterocycles. The largest absolute Gasteiger partial charge is 0.495 e. The van der Waals surface area contributed by atoms with E-state index in [0.717, 1.165) is 16.8 Å². The van der Waals surface area contributed by atoms with E-state index in [-0.39, 0.29) is 5.91 Å². The van der Waals surface area contributed by atoms with Crippen molar-refractivity contribution in [2.75, 3.05) is 32.8 Å². The van der Waals surface area contributed by atoms with Crippen molar-refractivity contribution in [3.8, 4) is 34.1 Å². The molecule has 1 N–H and O–H groups in total. The summed E-state index contributed by atoms with van der Waals surface area (Å²) in [4.78, 5) is 17.9. The highest BCUT2D eigenvalue weighted by Gasteiger charge is 2.21. The van der Waals surface area contributed by atoms with Gasteiger partial charge in [-0.25, -0.2) is 9.50 Å². The zero-order valence-corrected chi connectivity index (χ0v) is 22.4. The SMILES string of the molecule is CCOc1ccc(-c2c(C)nn3c(C)c(C(=O)Nc4cc(Cl)c(OC)cc4OC)cnc23)cc1OCC. The second-order valence-corrected chi connectivity index (χ2v) is 8.53. The Bertz CT molecular complexity index is 1470. The third-order valence-corrected chi connectivity index (χ3v) is 6.15. The lowest BCUT2D eigenvalue weighted by Gasteiger charge is -2.14. The number of anilines is 1. The first kappa shape index (κ1) is 26.1. The molecule has 2 aromatic carbocycles. The van der Waals surface area contributed by atoms with Crippen molar-refractivity contribution in [2.24, 2.45) is 0 Å². The lowest BCUT2D eigenvalue weighted by Crippen LogP contribution is -2.16. The zero-order valence-electron chi connectivity index (χ0n) is 21.6. The normalized spacial score (nSPS) is 10.9. The Morgan fingerprint density at radius 2 is 1.68 bits per heavy atom. The van der Waals surface area contributed by atoms with Crippen LogP contribution < -0.4 is 24.3 Å². The van der Waals surface area contributed by atoms with Crippen LogP contribution in [0.5, 0.6) is 23.0 Å². The molecule has 0 unspecified atom stereocenters. The first-order valence-corrected chi connectivity index (χ1v) is 12.2. The summed E-state index contributed by atoms with van der Waals surface area (Å²) in [6, 6.07) is 8.96. The Labute approximate surface area is 220 Å². The van der Waals surface area contributed by atoms with E-state index in [4.69, 9.17) is 30.5 Å². The minimum atomic E-state index is -0.374. The molecule has 0 aliphatic carbocycles. The first-order chi connectivity index (χ1) is 17.8. The molecule has 0 atom stereocenters. The lowest BCUT2D eigenvalue weighted by atomic mass is 10.1. The van der Waals surface area contributed by atoms with E-state index in [1.165, 1.54) is 14.2 Å². The lowest BCUT2D eigenvalue weighted by molar-refractivity contribution is 0.102. The van der Waals surface area contributed by atoms with E-state index in [1.807, 2.05) is 45.9 Å². The van der Waals surface area contributed by atoms with Gasteiger partial charge >= 0.3 is 0 Å². The van der Waals surface area contributed by atoms with Gasteiger partial charge in [0.1, 0.15) is 11.5 Å². The number of rotatable bonds is 9. The van der Waals surface area contributed by atoms with Crippen LogP contribution in [0, 0.1) is 13.8 Å². The van der Waals surface area contributed by atoms with Gasteiger partial charge in [-0.05, 0) is 51.5 Å². The number of hydrogen-bond donors (Lipinski definition) is 1. The van der Waals surface area contributed by atoms with Gasteiger partial charge in [-0.1, -0.05) is 17.7 Å². The molecular weight excluding hydrogens is 496 g/mol. The highest BCUT2D eigenvalue weighted by atomic mass is 35.5. The van der Waals surface area contributed by atoms with Crippen LogP contribution in [0.2, 0.25) is 5.02 Å². The minimum Gasteiger partial charge on any atom is -0.495 e. The molecule has 0 saturated heterocycles. The van der Waals surface area contributed by atoms with Crippen molar-refractivity contribution < 1.29 is 23.7 Å². The summed E-state index contributed by atoms with van der Waals surface area (Å²) in [6.45, 7) is 8.63. The topological polar surface area (TPSA) is 96.2 Å². The number of nitrogens with zero attached hydrogens (tertiary/aromatic N) is 3. The molecule has 10 heteroatoms. The fourth-order valence-corrected chi connectivity index (χ4v) is 4.36. The molecule has 2 heterocycles. The van der Waals surface area contributed by atoms with Gasteiger partial charge in [0.15, 0.2) is 17.1 Å². The van der Waals surface area contributed by atoms with E-state index in [0.29, 0.717) is 63.8 Å². The van der Waals surface area contributed by atoms with Crippen LogP contribution in [-0.4, -0.2) is 47.9 Å². The molecule has 37 heavy (non-hydrogen) atoms. The number of fused-ring (bicyclic) bond motifs is 1. The third-order valence-electron chi connectivity index (χ3n) is 5.86. The third kappa shape index (κ3) is 4.99. The molecule has 9 nitrogen and oxygen atoms in total. The van der Waals surface area contributed by atoms with Crippen molar-refractivity contribution in [3.05, 3.63) is 58.5 Å². The summed E-state index contributed by atoms with van der Waals surface area (Å²) < 4.78 is 23.8. The van der Waals surface area contributed by atoms with Crippen molar-refractivity contribution in [1.29, 1.82) is 0 Å². The number of benzene rings is 2. The van der Waals surface area contributed by atoms with E-state index in [2.05, 4.69) is 15.4 Å². The maximum absolute atomic E-state index is 13.2. The van der Waals surface area contributed by atoms with Gasteiger partial charge < -0.3 is 24.3 Å². The summed E-state index contributed by atoms with van der Waals surface area (Å²) in [5, 5.41) is 7.88. The van der Waals surface area contributed by atoms with Gasteiger partial charge in [0.05, 0.1) is 55.1 Å². The molecule has 0 aliphatic heterocycles. The maximum Gasteiger partial charge on any atom is 0.259 e. The monoisotopic (exact) mass is 524 g/mol. The van der Waals surface area contributed by atoms with Crippen LogP contribution in [0.15, 0.2) is 36.5 Å². The summed E-state index contributed by atoms with van der Waals surface area (Å²) >= 11 is 6.26. The van der Waals surface area contributed by atoms with Gasteiger partial charge in [0.25, 0.3) is 5.91 Å². The maximum atomic E-state index is 13.2. The first-order valence-electron chi connectivity index (χ1n) is 11.8. The van der Waals surface area contributed by atoms with Crippen LogP contribution in [0.25, 0.3) is 16.8 Å². The number of methoxy groups -OCH3 is 2. The van der Waals surface area contributed by atoms with E-state index >= 15 is 0 Å². The summed E-state index contributed by atoms with van der Waals surface area (Å²) in [5.41, 5.74) is 4.53. The zero-order chi connectivity index (χ0) is 26.7. The fraction of sp³-hybridized carbons (Fsp3) is 0.296. The number of aromatic nitrogens is 3. The highest BCUT2D eigenvalue weighted by Crippen LogP contribution is 2.37. The van der Waals surface area contributed by atoms with Crippen molar-refractivity contribution in [2.45, 2.75) is 27.7 Å². The molecule has 4 aromatic rings. The fourth-order valence-electron chi connectivity index (χ4n) is 4.12. The molecule has 0 saturated carbocycles. The molecule has 194 valence electrons. The standard InChI is InChI=1S/C27H29ClN4O5/c1-7-36-21-10-9-17(11-24(21)37-8-2)25-15(3)31-32-16(4)18(14-29-26(25)32)27(33)30-20-12-19(28)22(34-5)13-23(20)35-6/h9-14H,7-8H2,1-6H3,(H,30,33). The molecule has 0 bridgehead atoms. The Hall–Kier alpha value is -3.98. The predicted molar refractivity (Wildman–Crippen MR) is 143 cm³/mol. The molecule has 0 fully saturated rings. The van der Waals surface area contributed by atoms with Crippen molar-refractivity contribution in [1.82, 2.24) is 14.6 Å². The number of hydrogen-bond acceptors (Lipinski definition) is 7. The second kappa shape index (κ2) is 11.0. The van der Waals surface area contributed by atoms with Gasteiger partial charge in [0.2, 0.25) is 0 Å². The smallest absolute Gasteiger partial charge is 0.259 e. The second-order valence-electron chi connectivity index (χ2n) is 8.12. The molecule has 1 amide bonds. The molecule has 4 rings (SSSR count). The number of halogens is 1. The number of carbonyl (C=O) groups excluding carboxylic acids is 1. The molecule has 0 aliphatic rings. The van der Waals surface area contributed by atoms with Crippen LogP contribution in [0.1, 0.15) is 35.6 Å². The quantitative estimate of drug-likeness (QED) is 0.298. The van der Waals surface area contributed by atoms with E-state index < -0.39 is 0 Å². The van der Waals surface area contributed by atoms with Crippen LogP contribution in [0.4, 0.5) is 5.69 Å². The summed E-state index contributed by atoms with van der Waals surface area (Å²) in [6.07, 6.45) is 1.54. The Morgan fingerprint density at radius 3 is 2.35 bits per heavy atom. The Morgan fingerprint density at radius 1 is 0.973 bits per heavy atom. The summed E-state index contributed by atoms with van der Waals surface area (Å²) in [7, 11) is 3.01. The molecular formula is C27H29ClN4O5. The molecule has 0 radical (unpaired) electrons. The van der Waals surface area contributed by atoms with Crippen LogP contribution in [0.3, 0.4) is 0 Å². The van der Waals surface area contributed by atoms with Crippen LogP contribution >= 0.6 is 11.6 Å². The summed E-state index contributed by atoms with van der Waals surface area (Å²) in [5.74, 6) is 1.82. The number of nitrogens with one attached hydrogen (secondary N) is 1. The van der Waals surface area contributed by atoms with Gasteiger partial charge in [-0.15, -0.1) is 0 Å². The highest BCUT2D eigenvalue weighted by molar-refractivity contribution is 6.32. The molecule has 0 spiro atoms.